The van der Waals surface area contributed by atoms with E-state index < -0.39 is 17.3 Å². The van der Waals surface area contributed by atoms with Crippen molar-refractivity contribution in [3.05, 3.63) is 41.5 Å². The van der Waals surface area contributed by atoms with E-state index in [2.05, 4.69) is 10.3 Å². The Bertz CT molecular complexity index is 563. The minimum Gasteiger partial charge on any atom is -0.390 e. The fourth-order valence-electron chi connectivity index (χ4n) is 1.49. The number of aliphatic hydroxyl groups is 1. The molecule has 0 saturated carbocycles. The number of hydrogen-bond acceptors (Lipinski definition) is 3. The number of aromatic nitrogens is 3. The van der Waals surface area contributed by atoms with Crippen LogP contribution in [0.4, 0.5) is 13.2 Å². The summed E-state index contributed by atoms with van der Waals surface area (Å²) >= 11 is 0. The first-order valence-corrected chi connectivity index (χ1v) is 5.12. The molecule has 0 aliphatic carbocycles. The molecule has 0 aliphatic heterocycles. The molecule has 0 bridgehead atoms. The Morgan fingerprint density at radius 2 is 2.11 bits per heavy atom. The van der Waals surface area contributed by atoms with Crippen LogP contribution in [0.25, 0.3) is 5.69 Å². The van der Waals surface area contributed by atoms with Crippen molar-refractivity contribution in [2.24, 2.45) is 0 Å². The zero-order chi connectivity index (χ0) is 13.3. The lowest BCUT2D eigenvalue weighted by molar-refractivity contribution is 0.0137. The van der Waals surface area contributed by atoms with Crippen LogP contribution in [-0.4, -0.2) is 20.1 Å². The maximum Gasteiger partial charge on any atom is 0.273 e. The first-order valence-electron chi connectivity index (χ1n) is 5.12. The van der Waals surface area contributed by atoms with E-state index in [4.69, 9.17) is 5.11 Å². The van der Waals surface area contributed by atoms with E-state index in [-0.39, 0.29) is 12.3 Å². The van der Waals surface area contributed by atoms with Gasteiger partial charge in [0.25, 0.3) is 5.92 Å². The summed E-state index contributed by atoms with van der Waals surface area (Å²) < 4.78 is 40.8. The second-order valence-electron chi connectivity index (χ2n) is 3.87. The van der Waals surface area contributed by atoms with Crippen LogP contribution in [0.15, 0.2) is 24.4 Å². The fourth-order valence-corrected chi connectivity index (χ4v) is 1.49. The summed E-state index contributed by atoms with van der Waals surface area (Å²) in [6.07, 6.45) is 1.38. The molecule has 18 heavy (non-hydrogen) atoms. The quantitative estimate of drug-likeness (QED) is 0.915. The van der Waals surface area contributed by atoms with Crippen LogP contribution < -0.4 is 0 Å². The van der Waals surface area contributed by atoms with Gasteiger partial charge in [-0.3, -0.25) is 0 Å². The lowest BCUT2D eigenvalue weighted by Crippen LogP contribution is -2.11. The van der Waals surface area contributed by atoms with Gasteiger partial charge in [0.15, 0.2) is 0 Å². The van der Waals surface area contributed by atoms with Gasteiger partial charge in [-0.1, -0.05) is 5.21 Å². The van der Waals surface area contributed by atoms with Crippen LogP contribution in [0, 0.1) is 5.82 Å². The van der Waals surface area contributed by atoms with E-state index in [1.165, 1.54) is 16.9 Å². The Labute approximate surface area is 101 Å². The van der Waals surface area contributed by atoms with Crippen LogP contribution in [0.5, 0.6) is 0 Å². The Kier molecular flexibility index (Phi) is 3.08. The summed E-state index contributed by atoms with van der Waals surface area (Å²) in [5, 5.41) is 16.1. The zero-order valence-electron chi connectivity index (χ0n) is 9.44. The molecular formula is C11H10F3N3O. The molecule has 0 atom stereocenters. The van der Waals surface area contributed by atoms with Crippen molar-refractivity contribution in [3.8, 4) is 5.69 Å². The van der Waals surface area contributed by atoms with Crippen molar-refractivity contribution < 1.29 is 18.3 Å². The van der Waals surface area contributed by atoms with Crippen LogP contribution >= 0.6 is 0 Å². The lowest BCUT2D eigenvalue weighted by Gasteiger charge is -2.12. The molecule has 0 aliphatic rings. The highest BCUT2D eigenvalue weighted by molar-refractivity contribution is 5.37. The molecule has 4 nitrogen and oxygen atoms in total. The molecule has 1 heterocycles. The van der Waals surface area contributed by atoms with Gasteiger partial charge in [0.05, 0.1) is 24.1 Å². The monoisotopic (exact) mass is 257 g/mol. The molecule has 0 saturated heterocycles. The van der Waals surface area contributed by atoms with Gasteiger partial charge in [-0.05, 0) is 18.2 Å². The van der Waals surface area contributed by atoms with Crippen molar-refractivity contribution in [2.45, 2.75) is 19.5 Å². The molecule has 2 rings (SSSR count). The van der Waals surface area contributed by atoms with E-state index in [9.17, 15) is 13.2 Å². The van der Waals surface area contributed by atoms with Crippen molar-refractivity contribution in [2.75, 3.05) is 0 Å². The predicted octanol–water partition coefficient (Wildman–Crippen LogP) is 2.01. The molecule has 0 radical (unpaired) electrons. The van der Waals surface area contributed by atoms with Crippen LogP contribution in [0.1, 0.15) is 18.2 Å². The van der Waals surface area contributed by atoms with Gasteiger partial charge in [0, 0.05) is 6.92 Å². The predicted molar refractivity (Wildman–Crippen MR) is 56.8 cm³/mol. The van der Waals surface area contributed by atoms with Crippen molar-refractivity contribution >= 4 is 0 Å². The highest BCUT2D eigenvalue weighted by atomic mass is 19.3. The maximum atomic E-state index is 13.3. The number of nitrogens with zero attached hydrogens (tertiary/aromatic N) is 3. The second kappa shape index (κ2) is 4.41. The number of alkyl halides is 2. The third-order valence-electron chi connectivity index (χ3n) is 2.39. The molecule has 1 aromatic heterocycles. The molecule has 0 unspecified atom stereocenters. The van der Waals surface area contributed by atoms with E-state index in [0.717, 1.165) is 12.1 Å². The summed E-state index contributed by atoms with van der Waals surface area (Å²) in [6.45, 7) is 0.313. The molecule has 96 valence electrons. The largest absolute Gasteiger partial charge is 0.390 e. The topological polar surface area (TPSA) is 50.9 Å². The summed E-state index contributed by atoms with van der Waals surface area (Å²) in [7, 11) is 0. The molecule has 1 aromatic carbocycles. The maximum absolute atomic E-state index is 13.3. The molecule has 2 aromatic rings. The van der Waals surface area contributed by atoms with Gasteiger partial charge in [0.1, 0.15) is 11.5 Å². The van der Waals surface area contributed by atoms with E-state index >= 15 is 0 Å². The van der Waals surface area contributed by atoms with Gasteiger partial charge in [-0.25, -0.2) is 17.9 Å². The Hall–Kier alpha value is -1.89. The molecular weight excluding hydrogens is 247 g/mol. The Morgan fingerprint density at radius 3 is 2.67 bits per heavy atom. The highest BCUT2D eigenvalue weighted by Crippen LogP contribution is 2.30. The Balaban J connectivity index is 2.47. The van der Waals surface area contributed by atoms with Gasteiger partial charge in [-0.2, -0.15) is 0 Å². The summed E-state index contributed by atoms with van der Waals surface area (Å²) in [5.41, 5.74) is -0.162. The third kappa shape index (κ3) is 2.35. The van der Waals surface area contributed by atoms with Crippen LogP contribution in [0.3, 0.4) is 0 Å². The van der Waals surface area contributed by atoms with Crippen molar-refractivity contribution in [3.63, 3.8) is 0 Å². The molecule has 0 fully saturated rings. The van der Waals surface area contributed by atoms with Crippen LogP contribution in [0.2, 0.25) is 0 Å². The first-order chi connectivity index (χ1) is 8.41. The Morgan fingerprint density at radius 1 is 1.39 bits per heavy atom. The number of hydrogen-bond donors (Lipinski definition) is 1. The highest BCUT2D eigenvalue weighted by Gasteiger charge is 2.28. The van der Waals surface area contributed by atoms with Gasteiger partial charge in [0.2, 0.25) is 0 Å². The fraction of sp³-hybridized carbons (Fsp3) is 0.273. The summed E-state index contributed by atoms with van der Waals surface area (Å²) in [6, 6.07) is 3.26. The molecule has 7 heteroatoms. The normalized spacial score (nSPS) is 11.8. The molecule has 0 amide bonds. The smallest absolute Gasteiger partial charge is 0.273 e. The van der Waals surface area contributed by atoms with Gasteiger partial charge < -0.3 is 5.11 Å². The van der Waals surface area contributed by atoms with Crippen molar-refractivity contribution in [1.82, 2.24) is 15.0 Å². The van der Waals surface area contributed by atoms with E-state index in [1.807, 2.05) is 0 Å². The van der Waals surface area contributed by atoms with Gasteiger partial charge >= 0.3 is 0 Å². The standard InChI is InChI=1S/C11H10F3N3O/c1-11(13,14)9-4-8(2-3-10(9)12)17-5-7(6-18)15-16-17/h2-5,18H,6H2,1H3. The average molecular weight is 257 g/mol. The average Bonchev–Trinajstić information content (AvgIpc) is 2.76. The third-order valence-corrected chi connectivity index (χ3v) is 2.39. The minimum absolute atomic E-state index is 0.250. The zero-order valence-corrected chi connectivity index (χ0v) is 9.44. The summed E-state index contributed by atoms with van der Waals surface area (Å²) in [5.74, 6) is -4.26. The summed E-state index contributed by atoms with van der Waals surface area (Å²) in [4.78, 5) is 0. The molecule has 1 N–H and O–H groups in total. The van der Waals surface area contributed by atoms with Crippen LogP contribution in [-0.2, 0) is 12.5 Å². The number of aliphatic hydroxyl groups excluding tert-OH is 1. The lowest BCUT2D eigenvalue weighted by atomic mass is 10.1. The molecule has 0 spiro atoms. The number of halogens is 3. The first kappa shape index (κ1) is 12.6. The van der Waals surface area contributed by atoms with E-state index in [0.29, 0.717) is 12.6 Å². The SMILES string of the molecule is CC(F)(F)c1cc(-n2cc(CO)nn2)ccc1F. The van der Waals surface area contributed by atoms with E-state index in [1.54, 1.807) is 0 Å². The number of benzene rings is 1. The number of rotatable bonds is 3. The second-order valence-corrected chi connectivity index (χ2v) is 3.87. The van der Waals surface area contributed by atoms with Crippen molar-refractivity contribution in [1.29, 1.82) is 0 Å². The van der Waals surface area contributed by atoms with Gasteiger partial charge in [-0.15, -0.1) is 5.10 Å². The minimum atomic E-state index is -3.28.